The molecule has 3 aromatic rings. The molecule has 1 aromatic heterocycles. The molecule has 0 fully saturated rings. The molecule has 8 heteroatoms. The van der Waals surface area contributed by atoms with Crippen molar-refractivity contribution in [1.29, 1.82) is 0 Å². The molecule has 1 heterocycles. The van der Waals surface area contributed by atoms with Gasteiger partial charge in [-0.15, -0.1) is 0 Å². The zero-order valence-corrected chi connectivity index (χ0v) is 17.0. The van der Waals surface area contributed by atoms with E-state index in [9.17, 15) is 13.2 Å². The number of hydrogen-bond donors (Lipinski definition) is 1. The van der Waals surface area contributed by atoms with Crippen molar-refractivity contribution in [3.63, 3.8) is 0 Å². The monoisotopic (exact) mass is 400 g/mol. The Morgan fingerprint density at radius 3 is 2.50 bits per heavy atom. The average Bonchev–Trinajstić information content (AvgIpc) is 2.99. The van der Waals surface area contributed by atoms with Crippen LogP contribution in [0.4, 0.5) is 5.95 Å². The number of carbonyl (C=O) groups is 1. The maximum atomic E-state index is 12.7. The van der Waals surface area contributed by atoms with Crippen LogP contribution in [0, 0.1) is 6.92 Å². The van der Waals surface area contributed by atoms with Crippen LogP contribution in [0.25, 0.3) is 11.0 Å². The van der Waals surface area contributed by atoms with Crippen molar-refractivity contribution < 1.29 is 13.2 Å². The van der Waals surface area contributed by atoms with Crippen molar-refractivity contribution in [2.24, 2.45) is 0 Å². The Morgan fingerprint density at radius 2 is 1.82 bits per heavy atom. The lowest BCUT2D eigenvalue weighted by atomic mass is 10.2. The highest BCUT2D eigenvalue weighted by atomic mass is 32.2. The smallest absolute Gasteiger partial charge is 0.243 e. The SMILES string of the molecule is CCCn1c(NC(=O)CN(C)S(=O)(=O)c2ccc(C)cc2)nc2ccccc21. The third kappa shape index (κ3) is 4.07. The first-order valence-electron chi connectivity index (χ1n) is 9.11. The zero-order chi connectivity index (χ0) is 20.3. The second-order valence-corrected chi connectivity index (χ2v) is 8.74. The fourth-order valence-electron chi connectivity index (χ4n) is 2.96. The number of hydrogen-bond acceptors (Lipinski definition) is 4. The number of para-hydroxylation sites is 2. The number of nitrogens with zero attached hydrogens (tertiary/aromatic N) is 3. The molecule has 0 saturated carbocycles. The summed E-state index contributed by atoms with van der Waals surface area (Å²) in [6.07, 6.45) is 0.880. The van der Waals surface area contributed by atoms with E-state index in [1.54, 1.807) is 24.3 Å². The second-order valence-electron chi connectivity index (χ2n) is 6.70. The first-order valence-corrected chi connectivity index (χ1v) is 10.5. The van der Waals surface area contributed by atoms with Gasteiger partial charge in [-0.25, -0.2) is 13.4 Å². The molecule has 0 saturated heterocycles. The van der Waals surface area contributed by atoms with Gasteiger partial charge in [-0.2, -0.15) is 4.31 Å². The summed E-state index contributed by atoms with van der Waals surface area (Å²) in [7, 11) is -2.35. The van der Waals surface area contributed by atoms with Crippen LogP contribution < -0.4 is 5.32 Å². The molecule has 1 amide bonds. The highest BCUT2D eigenvalue weighted by Gasteiger charge is 2.23. The summed E-state index contributed by atoms with van der Waals surface area (Å²) in [4.78, 5) is 17.1. The van der Waals surface area contributed by atoms with Gasteiger partial charge in [0.2, 0.25) is 21.9 Å². The number of rotatable bonds is 7. The Balaban J connectivity index is 1.77. The number of carbonyl (C=O) groups excluding carboxylic acids is 1. The topological polar surface area (TPSA) is 84.3 Å². The lowest BCUT2D eigenvalue weighted by Crippen LogP contribution is -2.35. The predicted molar refractivity (Wildman–Crippen MR) is 110 cm³/mol. The Labute approximate surface area is 165 Å². The number of fused-ring (bicyclic) bond motifs is 1. The van der Waals surface area contributed by atoms with E-state index in [-0.39, 0.29) is 11.4 Å². The van der Waals surface area contributed by atoms with Crippen molar-refractivity contribution in [3.8, 4) is 0 Å². The first-order chi connectivity index (χ1) is 13.3. The van der Waals surface area contributed by atoms with Gasteiger partial charge in [-0.1, -0.05) is 36.8 Å². The van der Waals surface area contributed by atoms with E-state index in [0.29, 0.717) is 12.5 Å². The molecule has 3 rings (SSSR count). The van der Waals surface area contributed by atoms with E-state index in [1.165, 1.54) is 7.05 Å². The van der Waals surface area contributed by atoms with E-state index < -0.39 is 15.9 Å². The lowest BCUT2D eigenvalue weighted by Gasteiger charge is -2.17. The molecule has 0 atom stereocenters. The van der Waals surface area contributed by atoms with Gasteiger partial charge in [0.15, 0.2) is 0 Å². The third-order valence-corrected chi connectivity index (χ3v) is 6.27. The van der Waals surface area contributed by atoms with E-state index in [1.807, 2.05) is 42.7 Å². The van der Waals surface area contributed by atoms with Gasteiger partial charge in [0.1, 0.15) is 0 Å². The predicted octanol–water partition coefficient (Wildman–Crippen LogP) is 3.01. The average molecular weight is 401 g/mol. The molecule has 1 N–H and O–H groups in total. The van der Waals surface area contributed by atoms with Gasteiger partial charge in [0.05, 0.1) is 22.5 Å². The zero-order valence-electron chi connectivity index (χ0n) is 16.2. The quantitative estimate of drug-likeness (QED) is 0.661. The van der Waals surface area contributed by atoms with Crippen LogP contribution >= 0.6 is 0 Å². The number of benzene rings is 2. The van der Waals surface area contributed by atoms with E-state index >= 15 is 0 Å². The number of sulfonamides is 1. The van der Waals surface area contributed by atoms with Crippen molar-refractivity contribution >= 4 is 32.9 Å². The number of amides is 1. The van der Waals surface area contributed by atoms with Crippen LogP contribution in [-0.4, -0.2) is 41.8 Å². The van der Waals surface area contributed by atoms with Gasteiger partial charge >= 0.3 is 0 Å². The molecule has 0 spiro atoms. The standard InChI is InChI=1S/C20H24N4O3S/c1-4-13-24-18-8-6-5-7-17(18)21-20(24)22-19(25)14-23(3)28(26,27)16-11-9-15(2)10-12-16/h5-12H,4,13-14H2,1-3H3,(H,21,22,25). The summed E-state index contributed by atoms with van der Waals surface area (Å²) in [5.74, 6) is -0.0139. The van der Waals surface area contributed by atoms with Gasteiger partial charge in [-0.05, 0) is 37.6 Å². The number of nitrogens with one attached hydrogen (secondary N) is 1. The van der Waals surface area contributed by atoms with Crippen LogP contribution in [0.1, 0.15) is 18.9 Å². The highest BCUT2D eigenvalue weighted by molar-refractivity contribution is 7.89. The number of aryl methyl sites for hydroxylation is 2. The lowest BCUT2D eigenvalue weighted by molar-refractivity contribution is -0.116. The summed E-state index contributed by atoms with van der Waals surface area (Å²) in [5, 5.41) is 2.76. The molecule has 7 nitrogen and oxygen atoms in total. The van der Waals surface area contributed by atoms with Crippen LogP contribution in [0.15, 0.2) is 53.4 Å². The molecule has 0 aliphatic heterocycles. The first kappa shape index (κ1) is 20.0. The molecule has 0 radical (unpaired) electrons. The fraction of sp³-hybridized carbons (Fsp3) is 0.300. The van der Waals surface area contributed by atoms with Crippen LogP contribution in [-0.2, 0) is 21.4 Å². The Morgan fingerprint density at radius 1 is 1.14 bits per heavy atom. The molecule has 0 aliphatic rings. The number of likely N-dealkylation sites (N-methyl/N-ethyl adjacent to an activating group) is 1. The fourth-order valence-corrected chi connectivity index (χ4v) is 4.09. The molecule has 0 aliphatic carbocycles. The van der Waals surface area contributed by atoms with Gasteiger partial charge in [0.25, 0.3) is 0 Å². The highest BCUT2D eigenvalue weighted by Crippen LogP contribution is 2.20. The van der Waals surface area contributed by atoms with Crippen LogP contribution in [0.5, 0.6) is 0 Å². The van der Waals surface area contributed by atoms with Gasteiger partial charge < -0.3 is 4.57 Å². The van der Waals surface area contributed by atoms with Crippen LogP contribution in [0.3, 0.4) is 0 Å². The summed E-state index contributed by atoms with van der Waals surface area (Å²) in [6.45, 7) is 4.33. The maximum Gasteiger partial charge on any atom is 0.243 e. The minimum absolute atomic E-state index is 0.159. The third-order valence-electron chi connectivity index (χ3n) is 4.45. The normalized spacial score (nSPS) is 11.9. The number of aromatic nitrogens is 2. The largest absolute Gasteiger partial charge is 0.310 e. The molecule has 28 heavy (non-hydrogen) atoms. The molecule has 0 unspecified atom stereocenters. The van der Waals surface area contributed by atoms with E-state index in [0.717, 1.165) is 27.3 Å². The Kier molecular flexibility index (Phi) is 5.81. The summed E-state index contributed by atoms with van der Waals surface area (Å²) in [6, 6.07) is 14.2. The Hall–Kier alpha value is -2.71. The molecule has 2 aromatic carbocycles. The van der Waals surface area contributed by atoms with E-state index in [4.69, 9.17) is 0 Å². The molecule has 0 bridgehead atoms. The summed E-state index contributed by atoms with van der Waals surface area (Å²) < 4.78 is 28.3. The van der Waals surface area contributed by atoms with Crippen molar-refractivity contribution in [2.45, 2.75) is 31.7 Å². The summed E-state index contributed by atoms with van der Waals surface area (Å²) >= 11 is 0. The van der Waals surface area contributed by atoms with Crippen molar-refractivity contribution in [1.82, 2.24) is 13.9 Å². The maximum absolute atomic E-state index is 12.7. The number of anilines is 1. The molecular formula is C20H24N4O3S. The van der Waals surface area contributed by atoms with Gasteiger partial charge in [-0.3, -0.25) is 10.1 Å². The Bertz CT molecular complexity index is 1090. The van der Waals surface area contributed by atoms with Crippen molar-refractivity contribution in [2.75, 3.05) is 18.9 Å². The minimum atomic E-state index is -3.74. The van der Waals surface area contributed by atoms with Crippen LogP contribution in [0.2, 0.25) is 0 Å². The van der Waals surface area contributed by atoms with E-state index in [2.05, 4.69) is 10.3 Å². The van der Waals surface area contributed by atoms with Gasteiger partial charge in [0, 0.05) is 13.6 Å². The number of imidazole rings is 1. The minimum Gasteiger partial charge on any atom is -0.310 e. The summed E-state index contributed by atoms with van der Waals surface area (Å²) in [5.41, 5.74) is 2.68. The second kappa shape index (κ2) is 8.12. The van der Waals surface area contributed by atoms with Crippen molar-refractivity contribution in [3.05, 3.63) is 54.1 Å². The molecule has 148 valence electrons. The molecular weight excluding hydrogens is 376 g/mol.